The largest absolute Gasteiger partial charge is 0.349 e. The third-order valence-corrected chi connectivity index (χ3v) is 5.35. The van der Waals surface area contributed by atoms with Crippen LogP contribution in [0.15, 0.2) is 54.6 Å². The lowest BCUT2D eigenvalue weighted by Gasteiger charge is -2.33. The van der Waals surface area contributed by atoms with Crippen molar-refractivity contribution in [3.8, 4) is 0 Å². The van der Waals surface area contributed by atoms with Crippen LogP contribution in [0.3, 0.4) is 0 Å². The van der Waals surface area contributed by atoms with Crippen molar-refractivity contribution in [1.82, 2.24) is 14.9 Å². The molecule has 1 aromatic heterocycles. The SMILES string of the molecule is Cc1cc(F)c(N2C=C3CCCN3C2c2ccc3nccnc3c2)cc1F. The first kappa shape index (κ1) is 16.2. The van der Waals surface area contributed by atoms with Gasteiger partial charge in [0.15, 0.2) is 0 Å². The van der Waals surface area contributed by atoms with Crippen molar-refractivity contribution in [3.05, 3.63) is 77.4 Å². The molecule has 0 radical (unpaired) electrons. The highest BCUT2D eigenvalue weighted by atomic mass is 19.1. The van der Waals surface area contributed by atoms with E-state index in [2.05, 4.69) is 14.9 Å². The molecule has 2 aromatic carbocycles. The zero-order valence-corrected chi connectivity index (χ0v) is 14.9. The van der Waals surface area contributed by atoms with Gasteiger partial charge in [0, 0.05) is 36.9 Å². The summed E-state index contributed by atoms with van der Waals surface area (Å²) >= 11 is 0. The first-order chi connectivity index (χ1) is 13.1. The molecule has 2 aliphatic heterocycles. The Bertz CT molecular complexity index is 1080. The molecule has 3 aromatic rings. The Morgan fingerprint density at radius 1 is 1.00 bits per heavy atom. The van der Waals surface area contributed by atoms with E-state index in [0.29, 0.717) is 5.56 Å². The van der Waals surface area contributed by atoms with E-state index < -0.39 is 11.6 Å². The summed E-state index contributed by atoms with van der Waals surface area (Å²) in [5.74, 6) is -0.822. The van der Waals surface area contributed by atoms with E-state index in [1.54, 1.807) is 19.3 Å². The van der Waals surface area contributed by atoms with Gasteiger partial charge in [-0.2, -0.15) is 0 Å². The smallest absolute Gasteiger partial charge is 0.147 e. The van der Waals surface area contributed by atoms with E-state index in [1.807, 2.05) is 29.3 Å². The fourth-order valence-electron chi connectivity index (χ4n) is 4.03. The Hall–Kier alpha value is -3.02. The third-order valence-electron chi connectivity index (χ3n) is 5.35. The molecule has 136 valence electrons. The quantitative estimate of drug-likeness (QED) is 0.661. The number of aromatic nitrogens is 2. The van der Waals surface area contributed by atoms with Crippen molar-refractivity contribution in [2.24, 2.45) is 0 Å². The minimum absolute atomic E-state index is 0.217. The summed E-state index contributed by atoms with van der Waals surface area (Å²) < 4.78 is 28.9. The highest BCUT2D eigenvalue weighted by molar-refractivity contribution is 5.75. The number of rotatable bonds is 2. The lowest BCUT2D eigenvalue weighted by atomic mass is 10.1. The van der Waals surface area contributed by atoms with E-state index in [0.717, 1.165) is 41.7 Å². The second kappa shape index (κ2) is 6.01. The van der Waals surface area contributed by atoms with Crippen molar-refractivity contribution in [2.75, 3.05) is 11.4 Å². The molecule has 1 unspecified atom stereocenters. The second-order valence-electron chi connectivity index (χ2n) is 7.06. The van der Waals surface area contributed by atoms with Crippen LogP contribution in [0.1, 0.15) is 30.1 Å². The molecule has 6 heteroatoms. The average Bonchev–Trinajstić information content (AvgIpc) is 3.25. The predicted molar refractivity (Wildman–Crippen MR) is 99.9 cm³/mol. The van der Waals surface area contributed by atoms with Gasteiger partial charge >= 0.3 is 0 Å². The molecule has 4 nitrogen and oxygen atoms in total. The maximum atomic E-state index is 14.7. The van der Waals surface area contributed by atoms with E-state index in [4.69, 9.17) is 0 Å². The van der Waals surface area contributed by atoms with Crippen molar-refractivity contribution < 1.29 is 8.78 Å². The molecule has 1 saturated heterocycles. The summed E-state index contributed by atoms with van der Waals surface area (Å²) in [6.07, 6.45) is 7.06. The minimum atomic E-state index is -0.419. The van der Waals surface area contributed by atoms with Crippen LogP contribution in [0, 0.1) is 18.6 Å². The van der Waals surface area contributed by atoms with Gasteiger partial charge in [0.1, 0.15) is 17.8 Å². The fraction of sp³-hybridized carbons (Fsp3) is 0.238. The zero-order valence-electron chi connectivity index (χ0n) is 14.9. The van der Waals surface area contributed by atoms with Crippen molar-refractivity contribution in [1.29, 1.82) is 0 Å². The number of allylic oxidation sites excluding steroid dienone is 1. The fourth-order valence-corrected chi connectivity index (χ4v) is 4.03. The summed E-state index contributed by atoms with van der Waals surface area (Å²) in [5.41, 5.74) is 4.30. The molecule has 5 rings (SSSR count). The number of benzene rings is 2. The van der Waals surface area contributed by atoms with E-state index in [9.17, 15) is 8.78 Å². The van der Waals surface area contributed by atoms with Gasteiger partial charge in [0.05, 0.1) is 16.7 Å². The van der Waals surface area contributed by atoms with Crippen LogP contribution in [0.4, 0.5) is 14.5 Å². The minimum Gasteiger partial charge on any atom is -0.349 e. The molecule has 1 fully saturated rings. The molecule has 0 aliphatic carbocycles. The third kappa shape index (κ3) is 2.55. The van der Waals surface area contributed by atoms with Crippen LogP contribution in [0.2, 0.25) is 0 Å². The van der Waals surface area contributed by atoms with E-state index >= 15 is 0 Å². The van der Waals surface area contributed by atoms with E-state index in [1.165, 1.54) is 12.1 Å². The molecule has 0 N–H and O–H groups in total. The molecular weight excluding hydrogens is 346 g/mol. The topological polar surface area (TPSA) is 32.3 Å². The molecule has 3 heterocycles. The van der Waals surface area contributed by atoms with Crippen molar-refractivity contribution in [2.45, 2.75) is 25.9 Å². The number of anilines is 1. The number of halogens is 2. The Morgan fingerprint density at radius 3 is 2.67 bits per heavy atom. The summed E-state index contributed by atoms with van der Waals surface area (Å²) in [7, 11) is 0. The van der Waals surface area contributed by atoms with Crippen LogP contribution in [0.25, 0.3) is 11.0 Å². The van der Waals surface area contributed by atoms with Crippen LogP contribution in [0.5, 0.6) is 0 Å². The molecule has 0 amide bonds. The van der Waals surface area contributed by atoms with Gasteiger partial charge in [-0.1, -0.05) is 6.07 Å². The highest BCUT2D eigenvalue weighted by Gasteiger charge is 2.37. The summed E-state index contributed by atoms with van der Waals surface area (Å²) in [6.45, 7) is 2.46. The van der Waals surface area contributed by atoms with Crippen molar-refractivity contribution >= 4 is 16.7 Å². The van der Waals surface area contributed by atoms with Gasteiger partial charge in [-0.3, -0.25) is 9.97 Å². The summed E-state index contributed by atoms with van der Waals surface area (Å²) in [5, 5.41) is 0. The van der Waals surface area contributed by atoms with Crippen LogP contribution >= 0.6 is 0 Å². The second-order valence-corrected chi connectivity index (χ2v) is 7.06. The van der Waals surface area contributed by atoms with Crippen LogP contribution in [-0.4, -0.2) is 21.4 Å². The first-order valence-electron chi connectivity index (χ1n) is 9.04. The average molecular weight is 364 g/mol. The number of fused-ring (bicyclic) bond motifs is 2. The Balaban J connectivity index is 1.65. The molecule has 2 aliphatic rings. The Morgan fingerprint density at radius 2 is 1.81 bits per heavy atom. The summed E-state index contributed by atoms with van der Waals surface area (Å²) in [6, 6.07) is 8.45. The van der Waals surface area contributed by atoms with Crippen LogP contribution in [-0.2, 0) is 0 Å². The van der Waals surface area contributed by atoms with Gasteiger partial charge in [0.25, 0.3) is 0 Å². The van der Waals surface area contributed by atoms with Gasteiger partial charge in [-0.15, -0.1) is 0 Å². The van der Waals surface area contributed by atoms with Gasteiger partial charge in [-0.05, 0) is 49.1 Å². The first-order valence-corrected chi connectivity index (χ1v) is 9.04. The van der Waals surface area contributed by atoms with Crippen LogP contribution < -0.4 is 4.90 Å². The number of aryl methyl sites for hydroxylation is 1. The Labute approximate surface area is 155 Å². The molecule has 0 saturated carbocycles. The standard InChI is InChI=1S/C21H18F2N4/c1-13-9-17(23)20(11-16(13)22)27-12-15-3-2-8-26(15)21(27)14-4-5-18-19(10-14)25-7-6-24-18/h4-7,9-12,21H,2-3,8H2,1H3. The molecule has 27 heavy (non-hydrogen) atoms. The highest BCUT2D eigenvalue weighted by Crippen LogP contribution is 2.44. The monoisotopic (exact) mass is 364 g/mol. The predicted octanol–water partition coefficient (Wildman–Crippen LogP) is 4.67. The van der Waals surface area contributed by atoms with Gasteiger partial charge in [-0.25, -0.2) is 8.78 Å². The lowest BCUT2D eigenvalue weighted by molar-refractivity contribution is 0.318. The molecular formula is C21H18F2N4. The van der Waals surface area contributed by atoms with Gasteiger partial charge in [0.2, 0.25) is 0 Å². The number of hydrogen-bond donors (Lipinski definition) is 0. The molecule has 0 spiro atoms. The van der Waals surface area contributed by atoms with Gasteiger partial charge < -0.3 is 9.80 Å². The van der Waals surface area contributed by atoms with E-state index in [-0.39, 0.29) is 11.9 Å². The Kier molecular flexibility index (Phi) is 3.60. The normalized spacial score (nSPS) is 18.9. The number of nitrogens with zero attached hydrogens (tertiary/aromatic N) is 4. The lowest BCUT2D eigenvalue weighted by Crippen LogP contribution is -2.31. The maximum Gasteiger partial charge on any atom is 0.147 e. The summed E-state index contributed by atoms with van der Waals surface area (Å²) in [4.78, 5) is 12.8. The molecule has 0 bridgehead atoms. The van der Waals surface area contributed by atoms with Crippen molar-refractivity contribution in [3.63, 3.8) is 0 Å². The molecule has 1 atom stereocenters. The number of hydrogen-bond acceptors (Lipinski definition) is 4. The zero-order chi connectivity index (χ0) is 18.5. The maximum absolute atomic E-state index is 14.7.